The van der Waals surface area contributed by atoms with Gasteiger partial charge in [-0.15, -0.1) is 4.85 Å². The molecule has 1 unspecified atom stereocenters. The van der Waals surface area contributed by atoms with Crippen LogP contribution >= 0.6 is 0 Å². The molecule has 0 amide bonds. The van der Waals surface area contributed by atoms with Gasteiger partial charge in [-0.2, -0.15) is 0 Å². The van der Waals surface area contributed by atoms with Gasteiger partial charge in [-0.1, -0.05) is 16.8 Å². The molecule has 1 fully saturated rings. The number of rotatable bonds is 3. The van der Waals surface area contributed by atoms with Gasteiger partial charge in [0, 0.05) is 13.1 Å². The first-order valence-electron chi connectivity index (χ1n) is 6.74. The fraction of sp³-hybridized carbons (Fsp3) is 0.538. The predicted molar refractivity (Wildman–Crippen MR) is 73.8 cm³/mol. The second-order valence-electron chi connectivity index (χ2n) is 5.15. The molecule has 1 aromatic heterocycles. The van der Waals surface area contributed by atoms with E-state index in [-0.39, 0.29) is 6.29 Å². The van der Waals surface area contributed by atoms with Gasteiger partial charge in [0.25, 0.3) is 0 Å². The van der Waals surface area contributed by atoms with Crippen LogP contribution in [0.4, 0.5) is 0 Å². The standard InChI is InChI=1S/C13H19N5O2/c1-15(2)13(16-7-9-20-10-8-16)17-11-5-3-4-6-12(11)18(19)14-17/h3-6,13H,7-10H2,1-2H3. The van der Waals surface area contributed by atoms with E-state index in [0.717, 1.165) is 18.6 Å². The van der Waals surface area contributed by atoms with Gasteiger partial charge in [0.05, 0.1) is 18.4 Å². The Morgan fingerprint density at radius 1 is 1.30 bits per heavy atom. The number of hydrogen-bond acceptors (Lipinski definition) is 5. The molecule has 0 radical (unpaired) electrons. The fourth-order valence-corrected chi connectivity index (χ4v) is 2.68. The van der Waals surface area contributed by atoms with Crippen LogP contribution in [0.15, 0.2) is 24.3 Å². The van der Waals surface area contributed by atoms with E-state index in [4.69, 9.17) is 4.74 Å². The van der Waals surface area contributed by atoms with Gasteiger partial charge in [0.2, 0.25) is 17.3 Å². The summed E-state index contributed by atoms with van der Waals surface area (Å²) < 4.78 is 7.19. The van der Waals surface area contributed by atoms with Crippen LogP contribution in [0.5, 0.6) is 0 Å². The third kappa shape index (κ3) is 2.24. The second-order valence-corrected chi connectivity index (χ2v) is 5.15. The summed E-state index contributed by atoms with van der Waals surface area (Å²) >= 11 is 0. The summed E-state index contributed by atoms with van der Waals surface area (Å²) in [6.45, 7) is 3.08. The van der Waals surface area contributed by atoms with Crippen LogP contribution in [0, 0.1) is 5.21 Å². The van der Waals surface area contributed by atoms with Crippen molar-refractivity contribution in [2.24, 2.45) is 0 Å². The van der Waals surface area contributed by atoms with Crippen LogP contribution in [0.1, 0.15) is 6.29 Å². The molecule has 108 valence electrons. The number of morpholine rings is 1. The molecular weight excluding hydrogens is 258 g/mol. The second kappa shape index (κ2) is 5.35. The first-order chi connectivity index (χ1) is 9.68. The van der Waals surface area contributed by atoms with Crippen molar-refractivity contribution in [3.05, 3.63) is 29.5 Å². The number of benzene rings is 1. The number of fused-ring (bicyclic) bond motifs is 1. The van der Waals surface area contributed by atoms with Crippen LogP contribution in [0.25, 0.3) is 11.0 Å². The van der Waals surface area contributed by atoms with Crippen LogP contribution in [0.2, 0.25) is 0 Å². The van der Waals surface area contributed by atoms with Crippen molar-refractivity contribution in [1.82, 2.24) is 19.7 Å². The molecule has 7 nitrogen and oxygen atoms in total. The van der Waals surface area contributed by atoms with E-state index in [1.807, 2.05) is 32.3 Å². The smallest absolute Gasteiger partial charge is 0.236 e. The molecule has 1 atom stereocenters. The Balaban J connectivity index is 2.05. The van der Waals surface area contributed by atoms with Crippen molar-refractivity contribution in [3.63, 3.8) is 0 Å². The Morgan fingerprint density at radius 2 is 2.00 bits per heavy atom. The van der Waals surface area contributed by atoms with Gasteiger partial charge in [0.15, 0.2) is 0 Å². The average molecular weight is 277 g/mol. The number of nitrogens with zero attached hydrogens (tertiary/aromatic N) is 5. The maximum Gasteiger partial charge on any atom is 0.236 e. The molecule has 20 heavy (non-hydrogen) atoms. The summed E-state index contributed by atoms with van der Waals surface area (Å²) in [6, 6.07) is 7.49. The molecule has 0 spiro atoms. The number of hydrogen-bond donors (Lipinski definition) is 0. The first-order valence-corrected chi connectivity index (χ1v) is 6.74. The highest BCUT2D eigenvalue weighted by Crippen LogP contribution is 2.20. The Bertz CT molecular complexity index is 591. The van der Waals surface area contributed by atoms with E-state index < -0.39 is 0 Å². The summed E-state index contributed by atoms with van der Waals surface area (Å²) in [5.74, 6) is 0. The lowest BCUT2D eigenvalue weighted by atomic mass is 10.3. The molecule has 1 saturated heterocycles. The van der Waals surface area contributed by atoms with Crippen molar-refractivity contribution >= 4 is 11.0 Å². The maximum atomic E-state index is 11.9. The minimum absolute atomic E-state index is 0.0843. The molecule has 0 N–H and O–H groups in total. The van der Waals surface area contributed by atoms with E-state index in [1.165, 1.54) is 0 Å². The molecule has 2 aromatic rings. The zero-order chi connectivity index (χ0) is 14.1. The van der Waals surface area contributed by atoms with Gasteiger partial charge in [0.1, 0.15) is 0 Å². The SMILES string of the molecule is CN(C)C(N1CCOCC1)n1n[n+]([O-])c2ccccc21. The summed E-state index contributed by atoms with van der Waals surface area (Å²) in [5.41, 5.74) is 1.43. The minimum Gasteiger partial charge on any atom is -0.691 e. The molecule has 1 aromatic carbocycles. The monoisotopic (exact) mass is 277 g/mol. The molecule has 7 heteroatoms. The zero-order valence-corrected chi connectivity index (χ0v) is 11.8. The van der Waals surface area contributed by atoms with Crippen molar-refractivity contribution in [2.75, 3.05) is 40.4 Å². The number of para-hydroxylation sites is 2. The maximum absolute atomic E-state index is 11.9. The van der Waals surface area contributed by atoms with Gasteiger partial charge in [-0.25, -0.2) is 4.90 Å². The lowest BCUT2D eigenvalue weighted by molar-refractivity contribution is -0.647. The Morgan fingerprint density at radius 3 is 2.70 bits per heavy atom. The molecule has 0 bridgehead atoms. The molecule has 3 rings (SSSR count). The van der Waals surface area contributed by atoms with Crippen molar-refractivity contribution in [1.29, 1.82) is 0 Å². The number of aromatic nitrogens is 3. The summed E-state index contributed by atoms with van der Waals surface area (Å²) in [5, 5.41) is 16.1. The van der Waals surface area contributed by atoms with Crippen molar-refractivity contribution in [3.8, 4) is 0 Å². The topological polar surface area (TPSA) is 60.5 Å². The van der Waals surface area contributed by atoms with Gasteiger partial charge >= 0.3 is 0 Å². The highest BCUT2D eigenvalue weighted by atomic mass is 16.5. The van der Waals surface area contributed by atoms with Gasteiger partial charge in [-0.3, -0.25) is 4.90 Å². The van der Waals surface area contributed by atoms with Gasteiger partial charge in [-0.05, 0) is 26.2 Å². The molecule has 1 aliphatic heterocycles. The molecule has 2 heterocycles. The molecular formula is C13H19N5O2. The number of ether oxygens (including phenoxy) is 1. The Kier molecular flexibility index (Phi) is 3.56. The van der Waals surface area contributed by atoms with Crippen LogP contribution in [-0.4, -0.2) is 60.1 Å². The third-order valence-corrected chi connectivity index (χ3v) is 3.57. The zero-order valence-electron chi connectivity index (χ0n) is 11.8. The minimum atomic E-state index is -0.0843. The lowest BCUT2D eigenvalue weighted by Crippen LogP contribution is -2.48. The lowest BCUT2D eigenvalue weighted by Gasteiger charge is -2.34. The van der Waals surface area contributed by atoms with E-state index >= 15 is 0 Å². The van der Waals surface area contributed by atoms with Crippen molar-refractivity contribution in [2.45, 2.75) is 6.29 Å². The Labute approximate surface area is 117 Å². The quantitative estimate of drug-likeness (QED) is 0.585. The van der Waals surface area contributed by atoms with E-state index in [2.05, 4.69) is 15.0 Å². The summed E-state index contributed by atoms with van der Waals surface area (Å²) in [7, 11) is 3.98. The van der Waals surface area contributed by atoms with Gasteiger partial charge < -0.3 is 9.94 Å². The highest BCUT2D eigenvalue weighted by molar-refractivity contribution is 5.70. The summed E-state index contributed by atoms with van der Waals surface area (Å²) in [6.07, 6.45) is -0.0843. The molecule has 1 aliphatic rings. The Hall–Kier alpha value is -1.70. The fourth-order valence-electron chi connectivity index (χ4n) is 2.68. The van der Waals surface area contributed by atoms with Crippen LogP contribution in [-0.2, 0) is 4.74 Å². The average Bonchev–Trinajstić information content (AvgIpc) is 2.78. The van der Waals surface area contributed by atoms with E-state index in [9.17, 15) is 5.21 Å². The van der Waals surface area contributed by atoms with E-state index in [0.29, 0.717) is 23.6 Å². The van der Waals surface area contributed by atoms with Crippen LogP contribution in [0.3, 0.4) is 0 Å². The van der Waals surface area contributed by atoms with Crippen molar-refractivity contribution < 1.29 is 9.58 Å². The first kappa shape index (κ1) is 13.3. The van der Waals surface area contributed by atoms with E-state index in [1.54, 1.807) is 10.7 Å². The largest absolute Gasteiger partial charge is 0.691 e. The third-order valence-electron chi connectivity index (χ3n) is 3.57. The van der Waals surface area contributed by atoms with Crippen LogP contribution < -0.4 is 4.85 Å². The highest BCUT2D eigenvalue weighted by Gasteiger charge is 2.32. The molecule has 0 aliphatic carbocycles. The summed E-state index contributed by atoms with van der Waals surface area (Å²) in [4.78, 5) is 5.01. The molecule has 0 saturated carbocycles. The predicted octanol–water partition coefficient (Wildman–Crippen LogP) is 0.0196. The normalized spacial score (nSPS) is 18.8.